The molecule has 1 unspecified atom stereocenters. The predicted molar refractivity (Wildman–Crippen MR) is 90.2 cm³/mol. The van der Waals surface area contributed by atoms with Crippen LogP contribution in [-0.2, 0) is 26.0 Å². The molecule has 0 radical (unpaired) electrons. The van der Waals surface area contributed by atoms with Crippen LogP contribution in [0.4, 0.5) is 5.69 Å². The van der Waals surface area contributed by atoms with Gasteiger partial charge in [0.05, 0.1) is 37.6 Å². The molecule has 3 rings (SSSR count). The molecular formula is C16H20N2O6S. The highest BCUT2D eigenvalue weighted by Gasteiger charge is 2.31. The standard InChI is InChI=1S/C16H20N2O6S/c1-25(22,23)18-5-4-11-8-12(2-3-14(11)18)16(21)17-6-7-24-10-13(17)9-15(19)20/h2-3,8,13H,4-7,9-10H2,1H3,(H,19,20). The summed E-state index contributed by atoms with van der Waals surface area (Å²) in [6.45, 7) is 1.27. The molecule has 25 heavy (non-hydrogen) atoms. The van der Waals surface area contributed by atoms with Gasteiger partial charge in [0, 0.05) is 18.7 Å². The third kappa shape index (κ3) is 3.62. The second-order valence-electron chi connectivity index (χ2n) is 6.25. The molecule has 1 atom stereocenters. The van der Waals surface area contributed by atoms with Gasteiger partial charge in [-0.05, 0) is 30.2 Å². The molecule has 1 N–H and O–H groups in total. The number of morpholine rings is 1. The molecule has 0 aromatic heterocycles. The van der Waals surface area contributed by atoms with Crippen molar-refractivity contribution in [3.05, 3.63) is 29.3 Å². The van der Waals surface area contributed by atoms with Gasteiger partial charge >= 0.3 is 5.97 Å². The van der Waals surface area contributed by atoms with Gasteiger partial charge in [0.2, 0.25) is 10.0 Å². The van der Waals surface area contributed by atoms with Crippen LogP contribution in [-0.4, -0.2) is 68.9 Å². The third-order valence-electron chi connectivity index (χ3n) is 4.48. The Balaban J connectivity index is 1.85. The van der Waals surface area contributed by atoms with Crippen molar-refractivity contribution in [3.8, 4) is 0 Å². The molecule has 2 aliphatic heterocycles. The SMILES string of the molecule is CS(=O)(=O)N1CCc2cc(C(=O)N3CCOCC3CC(=O)O)ccc21. The first-order valence-corrected chi connectivity index (χ1v) is 9.83. The van der Waals surface area contributed by atoms with Gasteiger partial charge < -0.3 is 14.7 Å². The Morgan fingerprint density at radius 1 is 1.32 bits per heavy atom. The summed E-state index contributed by atoms with van der Waals surface area (Å²) in [4.78, 5) is 25.3. The van der Waals surface area contributed by atoms with Crippen LogP contribution in [0.25, 0.3) is 0 Å². The number of anilines is 1. The molecule has 1 saturated heterocycles. The number of nitrogens with zero attached hydrogens (tertiary/aromatic N) is 2. The smallest absolute Gasteiger partial charge is 0.305 e. The number of carbonyl (C=O) groups is 2. The van der Waals surface area contributed by atoms with E-state index in [-0.39, 0.29) is 18.9 Å². The van der Waals surface area contributed by atoms with Crippen LogP contribution in [0, 0.1) is 0 Å². The summed E-state index contributed by atoms with van der Waals surface area (Å²) < 4.78 is 30.2. The summed E-state index contributed by atoms with van der Waals surface area (Å²) in [7, 11) is -3.34. The van der Waals surface area contributed by atoms with Crippen LogP contribution in [0.2, 0.25) is 0 Å². The maximum atomic E-state index is 12.8. The minimum absolute atomic E-state index is 0.168. The predicted octanol–water partition coefficient (Wildman–Crippen LogP) is 0.324. The fourth-order valence-electron chi connectivity index (χ4n) is 3.31. The number of ether oxygens (including phenoxy) is 1. The maximum absolute atomic E-state index is 12.8. The van der Waals surface area contributed by atoms with E-state index in [0.29, 0.717) is 37.4 Å². The third-order valence-corrected chi connectivity index (χ3v) is 5.66. The van der Waals surface area contributed by atoms with Crippen molar-refractivity contribution < 1.29 is 27.9 Å². The van der Waals surface area contributed by atoms with Gasteiger partial charge in [-0.25, -0.2) is 8.42 Å². The number of benzene rings is 1. The van der Waals surface area contributed by atoms with E-state index < -0.39 is 22.0 Å². The topological polar surface area (TPSA) is 104 Å². The first-order valence-electron chi connectivity index (χ1n) is 7.98. The Labute approximate surface area is 146 Å². The van der Waals surface area contributed by atoms with E-state index in [1.54, 1.807) is 18.2 Å². The van der Waals surface area contributed by atoms with E-state index in [1.807, 2.05) is 0 Å². The monoisotopic (exact) mass is 368 g/mol. The number of fused-ring (bicyclic) bond motifs is 1. The average Bonchev–Trinajstić information content (AvgIpc) is 2.97. The molecule has 0 spiro atoms. The van der Waals surface area contributed by atoms with Crippen molar-refractivity contribution >= 4 is 27.6 Å². The Morgan fingerprint density at radius 2 is 2.08 bits per heavy atom. The van der Waals surface area contributed by atoms with Gasteiger partial charge in [-0.2, -0.15) is 0 Å². The molecule has 0 aliphatic carbocycles. The molecule has 1 aromatic rings. The summed E-state index contributed by atoms with van der Waals surface area (Å²) in [5.74, 6) is -1.23. The van der Waals surface area contributed by atoms with E-state index in [0.717, 1.165) is 11.8 Å². The van der Waals surface area contributed by atoms with E-state index >= 15 is 0 Å². The second kappa shape index (κ2) is 6.64. The zero-order valence-electron chi connectivity index (χ0n) is 13.8. The lowest BCUT2D eigenvalue weighted by molar-refractivity contribution is -0.139. The molecule has 1 fully saturated rings. The zero-order valence-corrected chi connectivity index (χ0v) is 14.7. The summed E-state index contributed by atoms with van der Waals surface area (Å²) in [5.41, 5.74) is 1.84. The second-order valence-corrected chi connectivity index (χ2v) is 8.16. The minimum Gasteiger partial charge on any atom is -0.481 e. The van der Waals surface area contributed by atoms with Gasteiger partial charge in [0.25, 0.3) is 5.91 Å². The van der Waals surface area contributed by atoms with Crippen LogP contribution < -0.4 is 4.31 Å². The van der Waals surface area contributed by atoms with Crippen LogP contribution in [0.5, 0.6) is 0 Å². The van der Waals surface area contributed by atoms with Crippen LogP contribution >= 0.6 is 0 Å². The van der Waals surface area contributed by atoms with Crippen LogP contribution in [0.15, 0.2) is 18.2 Å². The highest BCUT2D eigenvalue weighted by atomic mass is 32.2. The number of amides is 1. The van der Waals surface area contributed by atoms with Crippen molar-refractivity contribution in [2.45, 2.75) is 18.9 Å². The molecule has 1 aromatic carbocycles. The summed E-state index contributed by atoms with van der Waals surface area (Å²) in [5, 5.41) is 9.01. The van der Waals surface area contributed by atoms with Crippen molar-refractivity contribution in [1.82, 2.24) is 4.90 Å². The number of carboxylic acid groups (broad SMARTS) is 1. The Hall–Kier alpha value is -2.13. The summed E-state index contributed by atoms with van der Waals surface area (Å²) in [6.07, 6.45) is 1.54. The molecule has 9 heteroatoms. The lowest BCUT2D eigenvalue weighted by Gasteiger charge is -2.35. The van der Waals surface area contributed by atoms with Crippen LogP contribution in [0.3, 0.4) is 0 Å². The van der Waals surface area contributed by atoms with Crippen molar-refractivity contribution in [1.29, 1.82) is 0 Å². The highest BCUT2D eigenvalue weighted by Crippen LogP contribution is 2.31. The maximum Gasteiger partial charge on any atom is 0.305 e. The minimum atomic E-state index is -3.34. The molecular weight excluding hydrogens is 348 g/mol. The molecule has 136 valence electrons. The molecule has 2 aliphatic rings. The number of carbonyl (C=O) groups excluding carboxylic acids is 1. The van der Waals surface area contributed by atoms with Gasteiger partial charge in [0.15, 0.2) is 0 Å². The quantitative estimate of drug-likeness (QED) is 0.821. The number of aliphatic carboxylic acids is 1. The zero-order chi connectivity index (χ0) is 18.2. The first kappa shape index (κ1) is 17.7. The lowest BCUT2D eigenvalue weighted by Crippen LogP contribution is -2.49. The van der Waals surface area contributed by atoms with Crippen molar-refractivity contribution in [3.63, 3.8) is 0 Å². The van der Waals surface area contributed by atoms with E-state index in [2.05, 4.69) is 0 Å². The normalized spacial score (nSPS) is 20.4. The number of hydrogen-bond acceptors (Lipinski definition) is 5. The van der Waals surface area contributed by atoms with Crippen molar-refractivity contribution in [2.75, 3.05) is 36.9 Å². The molecule has 1 amide bonds. The first-order chi connectivity index (χ1) is 11.8. The van der Waals surface area contributed by atoms with E-state index in [1.165, 1.54) is 9.21 Å². The fraction of sp³-hybridized carbons (Fsp3) is 0.500. The largest absolute Gasteiger partial charge is 0.481 e. The van der Waals surface area contributed by atoms with Gasteiger partial charge in [-0.1, -0.05) is 0 Å². The summed E-state index contributed by atoms with van der Waals surface area (Å²) in [6, 6.07) is 4.44. The Kier molecular flexibility index (Phi) is 4.70. The number of hydrogen-bond donors (Lipinski definition) is 1. The van der Waals surface area contributed by atoms with Gasteiger partial charge in [-0.3, -0.25) is 13.9 Å². The van der Waals surface area contributed by atoms with Crippen LogP contribution in [0.1, 0.15) is 22.3 Å². The van der Waals surface area contributed by atoms with Crippen molar-refractivity contribution in [2.24, 2.45) is 0 Å². The number of sulfonamides is 1. The Bertz CT molecular complexity index is 807. The molecule has 0 bridgehead atoms. The van der Waals surface area contributed by atoms with Gasteiger partial charge in [-0.15, -0.1) is 0 Å². The van der Waals surface area contributed by atoms with E-state index in [4.69, 9.17) is 9.84 Å². The average molecular weight is 368 g/mol. The molecule has 0 saturated carbocycles. The fourth-order valence-corrected chi connectivity index (χ4v) is 4.27. The number of rotatable bonds is 4. The lowest BCUT2D eigenvalue weighted by atomic mass is 10.1. The molecule has 2 heterocycles. The molecule has 8 nitrogen and oxygen atoms in total. The number of carboxylic acids is 1. The Morgan fingerprint density at radius 3 is 2.76 bits per heavy atom. The van der Waals surface area contributed by atoms with E-state index in [9.17, 15) is 18.0 Å². The van der Waals surface area contributed by atoms with Gasteiger partial charge in [0.1, 0.15) is 0 Å². The highest BCUT2D eigenvalue weighted by molar-refractivity contribution is 7.92. The summed E-state index contributed by atoms with van der Waals surface area (Å²) >= 11 is 0.